The Balaban J connectivity index is 0.00000370. The minimum Gasteiger partial charge on any atom is -0.544 e. The van der Waals surface area contributed by atoms with Gasteiger partial charge in [-0.15, -0.1) is 0 Å². The van der Waals surface area contributed by atoms with Crippen LogP contribution in [0.4, 0.5) is 24.0 Å². The van der Waals surface area contributed by atoms with E-state index in [1.807, 2.05) is 4.90 Å². The Labute approximate surface area is 251 Å². The van der Waals surface area contributed by atoms with Gasteiger partial charge in [0.25, 0.3) is 5.91 Å². The van der Waals surface area contributed by atoms with Crippen LogP contribution >= 0.6 is 34.5 Å². The third kappa shape index (κ3) is 5.99. The molecule has 2 aliphatic rings. The molecule has 1 aliphatic carbocycles. The summed E-state index contributed by atoms with van der Waals surface area (Å²) in [6.45, 7) is 2.71. The molecule has 2 amide bonds. The molecule has 0 radical (unpaired) electrons. The number of rotatable bonds is 7. The average molecular weight is 608 g/mol. The second kappa shape index (κ2) is 11.3. The number of aromatic amines is 1. The molecule has 0 bridgehead atoms. The van der Waals surface area contributed by atoms with Gasteiger partial charge >= 0.3 is 25.0 Å². The Morgan fingerprint density at radius 2 is 1.88 bits per heavy atom. The second-order valence-electron chi connectivity index (χ2n) is 9.35. The monoisotopic (exact) mass is 607 g/mol. The molecule has 3 heterocycles. The van der Waals surface area contributed by atoms with E-state index >= 15 is 0 Å². The van der Waals surface area contributed by atoms with Crippen molar-refractivity contribution >= 4 is 63.1 Å². The van der Waals surface area contributed by atoms with Crippen molar-refractivity contribution in [3.05, 3.63) is 61.8 Å². The van der Waals surface area contributed by atoms with Crippen molar-refractivity contribution in [3.63, 3.8) is 0 Å². The number of aromatic carboxylic acids is 1. The van der Waals surface area contributed by atoms with Gasteiger partial charge in [-0.05, 0) is 25.1 Å². The number of aromatic nitrogens is 2. The van der Waals surface area contributed by atoms with Crippen LogP contribution in [0.25, 0.3) is 0 Å². The molecule has 40 heavy (non-hydrogen) atoms. The molecular formula is C24H19Cl2F3LiN5O4S. The van der Waals surface area contributed by atoms with Crippen LogP contribution in [0.3, 0.4) is 0 Å². The van der Waals surface area contributed by atoms with Crippen LogP contribution in [0.5, 0.6) is 0 Å². The van der Waals surface area contributed by atoms with Crippen molar-refractivity contribution in [3.8, 4) is 0 Å². The maximum absolute atomic E-state index is 12.9. The first-order chi connectivity index (χ1) is 18.3. The van der Waals surface area contributed by atoms with Crippen LogP contribution < -0.4 is 39.5 Å². The fourth-order valence-electron chi connectivity index (χ4n) is 4.73. The van der Waals surface area contributed by atoms with Gasteiger partial charge in [0.05, 0.1) is 38.6 Å². The summed E-state index contributed by atoms with van der Waals surface area (Å²) < 4.78 is 38.8. The molecular weight excluding hydrogens is 589 g/mol. The maximum atomic E-state index is 12.9. The van der Waals surface area contributed by atoms with E-state index in [9.17, 15) is 32.7 Å². The summed E-state index contributed by atoms with van der Waals surface area (Å²) in [7, 11) is 0. The standard InChI is InChI=1S/C24H20Cl2F3N5O4S.Li/c1-9-16(25)17(26)19(30-9)21(36)33-18-12-7-34(8-13(12)18)23-32-14(20(39-23)22(37)38)6-15(35)31-11-4-2-3-10(5-11)24(27,28)29;/h2-5,12-13,18,30H,6-8H2,1H3,(H,31,35)(H,33,36)(H,37,38);/q;+1/p-1/t12-,13+,18-;. The summed E-state index contributed by atoms with van der Waals surface area (Å²) in [5, 5.41) is 17.8. The fourth-order valence-corrected chi connectivity index (χ4v) is 6.08. The molecule has 2 fully saturated rings. The van der Waals surface area contributed by atoms with Crippen LogP contribution in [0.15, 0.2) is 24.3 Å². The van der Waals surface area contributed by atoms with Crippen molar-refractivity contribution < 1.29 is 51.5 Å². The predicted octanol–water partition coefficient (Wildman–Crippen LogP) is 0.519. The summed E-state index contributed by atoms with van der Waals surface area (Å²) in [5.41, 5.74) is -0.276. The van der Waals surface area contributed by atoms with E-state index in [-0.39, 0.29) is 74.6 Å². The minimum atomic E-state index is -4.58. The number of carboxylic acid groups (broad SMARTS) is 1. The molecule has 3 atom stereocenters. The summed E-state index contributed by atoms with van der Waals surface area (Å²) in [5.74, 6) is -2.38. The van der Waals surface area contributed by atoms with Crippen molar-refractivity contribution in [2.45, 2.75) is 25.6 Å². The number of piperidine rings is 1. The zero-order valence-corrected chi connectivity index (χ0v) is 23.3. The number of carbonyl (C=O) groups excluding carboxylic acids is 3. The number of thiazole rings is 1. The number of halogens is 5. The Bertz CT molecular complexity index is 1490. The van der Waals surface area contributed by atoms with Crippen molar-refractivity contribution in [1.82, 2.24) is 15.3 Å². The van der Waals surface area contributed by atoms with Gasteiger partial charge in [0.1, 0.15) is 5.69 Å². The van der Waals surface area contributed by atoms with Gasteiger partial charge in [0, 0.05) is 42.3 Å². The number of alkyl halides is 3. The van der Waals surface area contributed by atoms with Gasteiger partial charge in [-0.2, -0.15) is 13.2 Å². The largest absolute Gasteiger partial charge is 1.00 e. The smallest absolute Gasteiger partial charge is 0.544 e. The number of nitrogens with zero attached hydrogens (tertiary/aromatic N) is 2. The molecule has 9 nitrogen and oxygen atoms in total. The molecule has 3 N–H and O–H groups in total. The molecule has 1 aliphatic heterocycles. The zero-order chi connectivity index (χ0) is 28.2. The SMILES string of the molecule is Cc1[nH]c(C(=O)N[C@@H]2[C@@H]3CN(c4nc(CC(=O)Nc5cccc(C(F)(F)F)c5)c(C(=O)[O-])s4)C[C@@H]32)c(Cl)c1Cl.[Li+]. The normalized spacial score (nSPS) is 19.6. The molecule has 1 saturated heterocycles. The Hall–Kier alpha value is -2.69. The van der Waals surface area contributed by atoms with Crippen molar-refractivity contribution in [2.24, 2.45) is 11.8 Å². The molecule has 5 rings (SSSR count). The van der Waals surface area contributed by atoms with E-state index in [0.29, 0.717) is 23.9 Å². The first-order valence-electron chi connectivity index (χ1n) is 11.6. The number of anilines is 2. The Kier molecular flexibility index (Phi) is 8.55. The Morgan fingerprint density at radius 3 is 2.45 bits per heavy atom. The molecule has 2 aromatic heterocycles. The number of aryl methyl sites for hydroxylation is 1. The molecule has 1 aromatic carbocycles. The summed E-state index contributed by atoms with van der Waals surface area (Å²) in [6, 6.07) is 4.02. The molecule has 1 saturated carbocycles. The number of carboxylic acids is 1. The molecule has 0 spiro atoms. The second-order valence-corrected chi connectivity index (χ2v) is 11.1. The molecule has 206 valence electrons. The third-order valence-corrected chi connectivity index (χ3v) is 8.80. The van der Waals surface area contributed by atoms with E-state index in [4.69, 9.17) is 23.2 Å². The predicted molar refractivity (Wildman–Crippen MR) is 136 cm³/mol. The maximum Gasteiger partial charge on any atom is 1.00 e. The van der Waals surface area contributed by atoms with Gasteiger partial charge in [-0.25, -0.2) is 4.98 Å². The van der Waals surface area contributed by atoms with Gasteiger partial charge in [0.2, 0.25) is 5.91 Å². The fraction of sp³-hybridized carbons (Fsp3) is 0.333. The van der Waals surface area contributed by atoms with Crippen LogP contribution in [-0.4, -0.2) is 46.9 Å². The third-order valence-electron chi connectivity index (χ3n) is 6.72. The van der Waals surface area contributed by atoms with E-state index in [1.165, 1.54) is 6.07 Å². The van der Waals surface area contributed by atoms with E-state index in [2.05, 4.69) is 20.6 Å². The van der Waals surface area contributed by atoms with Gasteiger partial charge in [0.15, 0.2) is 5.13 Å². The van der Waals surface area contributed by atoms with Gasteiger partial charge in [-0.3, -0.25) is 9.59 Å². The van der Waals surface area contributed by atoms with Crippen LogP contribution in [0.1, 0.15) is 37.1 Å². The van der Waals surface area contributed by atoms with Crippen LogP contribution in [-0.2, 0) is 17.4 Å². The minimum absolute atomic E-state index is 0. The number of fused-ring (bicyclic) bond motifs is 1. The quantitative estimate of drug-likeness (QED) is 0.336. The number of H-pyrrole nitrogens is 1. The molecule has 0 unspecified atom stereocenters. The number of hydrogen-bond donors (Lipinski definition) is 3. The van der Waals surface area contributed by atoms with Gasteiger partial charge < -0.3 is 30.4 Å². The van der Waals surface area contributed by atoms with Gasteiger partial charge in [-0.1, -0.05) is 40.6 Å². The van der Waals surface area contributed by atoms with Crippen molar-refractivity contribution in [2.75, 3.05) is 23.3 Å². The number of amides is 2. The first-order valence-corrected chi connectivity index (χ1v) is 13.2. The van der Waals surface area contributed by atoms with Crippen LogP contribution in [0.2, 0.25) is 10.0 Å². The zero-order valence-electron chi connectivity index (χ0n) is 21.0. The van der Waals surface area contributed by atoms with E-state index < -0.39 is 30.0 Å². The number of nitrogens with one attached hydrogen (secondary N) is 3. The first kappa shape index (κ1) is 30.3. The number of carbonyl (C=O) groups is 3. The summed E-state index contributed by atoms with van der Waals surface area (Å²) in [6.07, 6.45) is -5.04. The van der Waals surface area contributed by atoms with E-state index in [0.717, 1.165) is 29.5 Å². The number of hydrogen-bond acceptors (Lipinski definition) is 7. The summed E-state index contributed by atoms with van der Waals surface area (Å²) in [4.78, 5) is 45.6. The van der Waals surface area contributed by atoms with E-state index in [1.54, 1.807) is 6.92 Å². The molecule has 3 aromatic rings. The topological polar surface area (TPSA) is 130 Å². The Morgan fingerprint density at radius 1 is 1.20 bits per heavy atom. The summed E-state index contributed by atoms with van der Waals surface area (Å²) >= 11 is 13.0. The van der Waals surface area contributed by atoms with Crippen molar-refractivity contribution in [1.29, 1.82) is 0 Å². The van der Waals surface area contributed by atoms with Crippen LogP contribution in [0, 0.1) is 18.8 Å². The number of benzene rings is 1. The molecule has 16 heteroatoms. The average Bonchev–Trinajstić information content (AvgIpc) is 3.21.